The summed E-state index contributed by atoms with van der Waals surface area (Å²) in [5.41, 5.74) is 6.26. The summed E-state index contributed by atoms with van der Waals surface area (Å²) in [5, 5.41) is 9.00. The van der Waals surface area contributed by atoms with Gasteiger partial charge in [0.2, 0.25) is 5.91 Å². The number of aromatic nitrogens is 4. The van der Waals surface area contributed by atoms with Crippen LogP contribution in [0.25, 0.3) is 16.3 Å². The Bertz CT molecular complexity index is 2190. The summed E-state index contributed by atoms with van der Waals surface area (Å²) in [6.07, 6.45) is 11.7. The second-order valence-corrected chi connectivity index (χ2v) is 15.1. The van der Waals surface area contributed by atoms with Crippen molar-refractivity contribution in [3.8, 4) is 10.7 Å². The summed E-state index contributed by atoms with van der Waals surface area (Å²) < 4.78 is 1.97. The minimum atomic E-state index is -0.798. The lowest BCUT2D eigenvalue weighted by Gasteiger charge is -2.34. The summed E-state index contributed by atoms with van der Waals surface area (Å²) in [6.45, 7) is 8.83. The molecule has 0 radical (unpaired) electrons. The first-order chi connectivity index (χ1) is 25.4. The van der Waals surface area contributed by atoms with Crippen molar-refractivity contribution in [2.75, 3.05) is 42.9 Å². The number of amides is 3. The summed E-state index contributed by atoms with van der Waals surface area (Å²) in [7, 11) is 0. The Morgan fingerprint density at radius 2 is 1.75 bits per heavy atom. The largest absolute Gasteiger partial charge is 0.371 e. The standard InChI is InChI=1S/C39H39N9O3S/c1-24-2-9-33(36(49)42-24)48-38(50)30-8-7-29(20-31(30)39(48)51)46-17-10-25(22-46)21-45-15-11-27(12-16-45)26-3-5-28(6-4-26)43-34-35-40-13-18-47(35)23-32(44-34)37-41-14-19-52-37/h3-8,13-14,18-20,23,25,27,33H,1-2,9-12,15-17,21-22H2,(H,42,49)(H,43,44)/t25-,33+/m1/s1. The molecule has 0 unspecified atom stereocenters. The van der Waals surface area contributed by atoms with Crippen LogP contribution in [0.1, 0.15) is 64.3 Å². The summed E-state index contributed by atoms with van der Waals surface area (Å²) in [5.74, 6) is 0.643. The predicted molar refractivity (Wildman–Crippen MR) is 200 cm³/mol. The van der Waals surface area contributed by atoms with Crippen molar-refractivity contribution in [1.82, 2.24) is 34.5 Å². The van der Waals surface area contributed by atoms with Crippen LogP contribution in [-0.2, 0) is 4.79 Å². The van der Waals surface area contributed by atoms with Crippen LogP contribution in [0.15, 0.2) is 84.9 Å². The molecule has 0 saturated carbocycles. The number of nitrogens with one attached hydrogen (secondary N) is 2. The first-order valence-corrected chi connectivity index (χ1v) is 18.8. The van der Waals surface area contributed by atoms with Gasteiger partial charge in [-0.2, -0.15) is 0 Å². The van der Waals surface area contributed by atoms with Crippen molar-refractivity contribution < 1.29 is 14.4 Å². The fraction of sp³-hybridized carbons (Fsp3) is 0.333. The number of nitrogens with zero attached hydrogens (tertiary/aromatic N) is 7. The molecule has 3 amide bonds. The summed E-state index contributed by atoms with van der Waals surface area (Å²) >= 11 is 1.56. The number of allylic oxidation sites excluding steroid dienone is 1. The molecule has 3 saturated heterocycles. The van der Waals surface area contributed by atoms with E-state index in [4.69, 9.17) is 4.98 Å². The molecule has 0 spiro atoms. The molecular weight excluding hydrogens is 675 g/mol. The highest BCUT2D eigenvalue weighted by Crippen LogP contribution is 2.35. The van der Waals surface area contributed by atoms with Crippen molar-refractivity contribution >= 4 is 51.9 Å². The van der Waals surface area contributed by atoms with Gasteiger partial charge in [0.1, 0.15) is 16.7 Å². The number of imidazole rings is 1. The van der Waals surface area contributed by atoms with Gasteiger partial charge in [-0.25, -0.2) is 15.0 Å². The monoisotopic (exact) mass is 713 g/mol. The van der Waals surface area contributed by atoms with Gasteiger partial charge in [0.25, 0.3) is 11.8 Å². The van der Waals surface area contributed by atoms with Crippen molar-refractivity contribution in [2.24, 2.45) is 5.92 Å². The fourth-order valence-electron chi connectivity index (χ4n) is 8.21. The average molecular weight is 714 g/mol. The highest BCUT2D eigenvalue weighted by molar-refractivity contribution is 7.13. The van der Waals surface area contributed by atoms with Gasteiger partial charge in [0.05, 0.1) is 11.1 Å². The number of likely N-dealkylation sites (tertiary alicyclic amines) is 1. The number of benzene rings is 2. The Morgan fingerprint density at radius 3 is 2.54 bits per heavy atom. The summed E-state index contributed by atoms with van der Waals surface area (Å²) in [4.78, 5) is 59.0. The molecule has 0 aliphatic carbocycles. The number of carbonyl (C=O) groups is 3. The Morgan fingerprint density at radius 1 is 0.923 bits per heavy atom. The SMILES string of the molecule is C=C1CC[C@H](N2C(=O)c3ccc(N4CC[C@H](CN5CCC(c6ccc(Nc7nc(-c8nccs8)cn8ccnc78)cc6)CC5)C4)cc3C2=O)C(=O)N1. The first kappa shape index (κ1) is 32.5. The van der Waals surface area contributed by atoms with E-state index < -0.39 is 11.9 Å². The van der Waals surface area contributed by atoms with Crippen LogP contribution in [0.2, 0.25) is 0 Å². The lowest BCUT2D eigenvalue weighted by molar-refractivity contribution is -0.125. The molecule has 2 N–H and O–H groups in total. The normalized spacial score (nSPS) is 21.3. The van der Waals surface area contributed by atoms with E-state index in [1.165, 1.54) is 5.56 Å². The maximum absolute atomic E-state index is 13.4. The van der Waals surface area contributed by atoms with E-state index >= 15 is 0 Å². The molecule has 0 bridgehead atoms. The quantitative estimate of drug-likeness (QED) is 0.195. The number of imide groups is 1. The Balaban J connectivity index is 0.784. The number of anilines is 3. The molecule has 9 rings (SSSR count). The predicted octanol–water partition coefficient (Wildman–Crippen LogP) is 5.69. The third kappa shape index (κ3) is 6.03. The van der Waals surface area contributed by atoms with Gasteiger partial charge in [0, 0.05) is 66.9 Å². The van der Waals surface area contributed by atoms with E-state index in [-0.39, 0.29) is 11.8 Å². The minimum Gasteiger partial charge on any atom is -0.371 e. The van der Waals surface area contributed by atoms with Gasteiger partial charge < -0.3 is 24.8 Å². The molecule has 52 heavy (non-hydrogen) atoms. The van der Waals surface area contributed by atoms with Crippen molar-refractivity contribution in [3.63, 3.8) is 0 Å². The van der Waals surface area contributed by atoms with E-state index in [0.717, 1.165) is 84.6 Å². The molecule has 13 heteroatoms. The Kier molecular flexibility index (Phi) is 8.31. The van der Waals surface area contributed by atoms with Gasteiger partial charge in [-0.3, -0.25) is 19.3 Å². The van der Waals surface area contributed by atoms with Gasteiger partial charge in [-0.05, 0) is 92.9 Å². The molecule has 3 fully saturated rings. The average Bonchev–Trinajstić information content (AvgIpc) is 3.98. The minimum absolute atomic E-state index is 0.344. The van der Waals surface area contributed by atoms with E-state index in [9.17, 15) is 14.4 Å². The lowest BCUT2D eigenvalue weighted by Crippen LogP contribution is -2.51. The van der Waals surface area contributed by atoms with Crippen LogP contribution in [0.5, 0.6) is 0 Å². The van der Waals surface area contributed by atoms with Gasteiger partial charge in [-0.15, -0.1) is 11.3 Å². The molecule has 4 aliphatic heterocycles. The van der Waals surface area contributed by atoms with Crippen molar-refractivity contribution in [2.45, 2.75) is 44.1 Å². The van der Waals surface area contributed by atoms with Gasteiger partial charge >= 0.3 is 0 Å². The van der Waals surface area contributed by atoms with Crippen molar-refractivity contribution in [1.29, 1.82) is 0 Å². The molecular formula is C39H39N9O3S. The maximum atomic E-state index is 13.4. The first-order valence-electron chi connectivity index (χ1n) is 18.0. The van der Waals surface area contributed by atoms with E-state index in [0.29, 0.717) is 47.3 Å². The molecule has 3 aromatic heterocycles. The van der Waals surface area contributed by atoms with E-state index in [1.807, 2.05) is 34.3 Å². The molecule has 2 atom stereocenters. The topological polar surface area (TPSA) is 128 Å². The lowest BCUT2D eigenvalue weighted by atomic mass is 9.89. The molecule has 264 valence electrons. The molecule has 12 nitrogen and oxygen atoms in total. The summed E-state index contributed by atoms with van der Waals surface area (Å²) in [6, 6.07) is 13.5. The van der Waals surface area contributed by atoms with E-state index in [1.54, 1.807) is 29.8 Å². The molecule has 5 aromatic rings. The number of piperidine rings is 2. The second kappa shape index (κ2) is 13.3. The zero-order valence-electron chi connectivity index (χ0n) is 28.7. The number of thiazole rings is 1. The highest BCUT2D eigenvalue weighted by Gasteiger charge is 2.44. The zero-order chi connectivity index (χ0) is 35.3. The maximum Gasteiger partial charge on any atom is 0.262 e. The molecule has 2 aromatic carbocycles. The Hall–Kier alpha value is -5.40. The van der Waals surface area contributed by atoms with Crippen molar-refractivity contribution in [3.05, 3.63) is 102 Å². The van der Waals surface area contributed by atoms with E-state index in [2.05, 4.69) is 61.2 Å². The molecule has 4 aliphatic rings. The zero-order valence-corrected chi connectivity index (χ0v) is 29.5. The second-order valence-electron chi connectivity index (χ2n) is 14.3. The van der Waals surface area contributed by atoms with Crippen LogP contribution in [-0.4, -0.2) is 85.6 Å². The third-order valence-electron chi connectivity index (χ3n) is 11.0. The van der Waals surface area contributed by atoms with Crippen LogP contribution >= 0.6 is 11.3 Å². The van der Waals surface area contributed by atoms with Crippen LogP contribution in [0.4, 0.5) is 17.2 Å². The number of carbonyl (C=O) groups excluding carboxylic acids is 3. The third-order valence-corrected chi connectivity index (χ3v) is 11.8. The Labute approximate surface area is 305 Å². The fourth-order valence-corrected chi connectivity index (χ4v) is 8.80. The number of fused-ring (bicyclic) bond motifs is 2. The smallest absolute Gasteiger partial charge is 0.262 e. The number of hydrogen-bond donors (Lipinski definition) is 2. The number of rotatable bonds is 8. The van der Waals surface area contributed by atoms with Gasteiger partial charge in [-0.1, -0.05) is 18.7 Å². The highest BCUT2D eigenvalue weighted by atomic mass is 32.1. The molecule has 7 heterocycles. The number of hydrogen-bond acceptors (Lipinski definition) is 10. The van der Waals surface area contributed by atoms with Crippen LogP contribution in [0, 0.1) is 5.92 Å². The van der Waals surface area contributed by atoms with Gasteiger partial charge in [0.15, 0.2) is 11.5 Å². The van der Waals surface area contributed by atoms with Crippen LogP contribution < -0.4 is 15.5 Å². The van der Waals surface area contributed by atoms with Crippen LogP contribution in [0.3, 0.4) is 0 Å².